The molecule has 2 N–H and O–H groups in total. The highest BCUT2D eigenvalue weighted by Gasteiger charge is 2.30. The predicted octanol–water partition coefficient (Wildman–Crippen LogP) is 3.68. The Hall–Kier alpha value is -1.03. The van der Waals surface area contributed by atoms with E-state index in [0.717, 1.165) is 18.1 Å². The van der Waals surface area contributed by atoms with Gasteiger partial charge in [-0.25, -0.2) is 0 Å². The minimum Gasteiger partial charge on any atom is -0.326 e. The van der Waals surface area contributed by atoms with Crippen LogP contribution in [0.5, 0.6) is 0 Å². The van der Waals surface area contributed by atoms with E-state index in [2.05, 4.69) is 0 Å². The van der Waals surface area contributed by atoms with Gasteiger partial charge in [-0.2, -0.15) is 13.2 Å². The first kappa shape index (κ1) is 14.0. The van der Waals surface area contributed by atoms with Gasteiger partial charge in [-0.1, -0.05) is 6.07 Å². The van der Waals surface area contributed by atoms with Crippen molar-refractivity contribution in [3.63, 3.8) is 0 Å². The summed E-state index contributed by atoms with van der Waals surface area (Å²) in [5.41, 5.74) is 6.56. The van der Waals surface area contributed by atoms with Gasteiger partial charge < -0.3 is 5.73 Å². The Morgan fingerprint density at radius 1 is 1.18 bits per heavy atom. The van der Waals surface area contributed by atoms with Crippen LogP contribution in [-0.4, -0.2) is 5.54 Å². The predicted molar refractivity (Wildman–Crippen MR) is 62.8 cm³/mol. The Kier molecular flexibility index (Phi) is 3.87. The summed E-state index contributed by atoms with van der Waals surface area (Å²) in [7, 11) is 0. The highest BCUT2D eigenvalue weighted by molar-refractivity contribution is 5.32. The van der Waals surface area contributed by atoms with Crippen LogP contribution >= 0.6 is 0 Å². The van der Waals surface area contributed by atoms with Crippen molar-refractivity contribution in [1.29, 1.82) is 0 Å². The maximum atomic E-state index is 12.5. The van der Waals surface area contributed by atoms with Gasteiger partial charge in [-0.15, -0.1) is 0 Å². The normalized spacial score (nSPS) is 12.9. The second-order valence-electron chi connectivity index (χ2n) is 5.13. The van der Waals surface area contributed by atoms with Gasteiger partial charge in [-0.05, 0) is 56.9 Å². The third-order valence-electron chi connectivity index (χ3n) is 2.71. The lowest BCUT2D eigenvalue weighted by Gasteiger charge is -2.19. The zero-order valence-corrected chi connectivity index (χ0v) is 10.4. The van der Waals surface area contributed by atoms with Crippen LogP contribution in [0, 0.1) is 6.92 Å². The lowest BCUT2D eigenvalue weighted by Crippen LogP contribution is -2.32. The standard InChI is InChI=1S/C13H18F3N/c1-9-8-11(13(14,15)16)5-4-10(9)6-7-12(2,3)17/h4-5,8H,6-7,17H2,1-3H3. The van der Waals surface area contributed by atoms with Crippen LogP contribution in [0.1, 0.15) is 37.0 Å². The Morgan fingerprint density at radius 3 is 2.18 bits per heavy atom. The number of rotatable bonds is 3. The molecule has 0 heterocycles. The zero-order chi connectivity index (χ0) is 13.3. The molecule has 1 aromatic carbocycles. The Morgan fingerprint density at radius 2 is 1.76 bits per heavy atom. The molecule has 96 valence electrons. The summed E-state index contributed by atoms with van der Waals surface area (Å²) in [5, 5.41) is 0. The topological polar surface area (TPSA) is 26.0 Å². The number of hydrogen-bond donors (Lipinski definition) is 1. The molecule has 1 nitrogen and oxygen atoms in total. The zero-order valence-electron chi connectivity index (χ0n) is 10.4. The summed E-state index contributed by atoms with van der Waals surface area (Å²) < 4.78 is 37.4. The number of alkyl halides is 3. The molecular formula is C13H18F3N. The van der Waals surface area contributed by atoms with Gasteiger partial charge in [0.15, 0.2) is 0 Å². The van der Waals surface area contributed by atoms with E-state index >= 15 is 0 Å². The minimum atomic E-state index is -4.27. The number of halogens is 3. The third kappa shape index (κ3) is 4.38. The van der Waals surface area contributed by atoms with Crippen LogP contribution in [0.4, 0.5) is 13.2 Å². The summed E-state index contributed by atoms with van der Waals surface area (Å²) >= 11 is 0. The highest BCUT2D eigenvalue weighted by atomic mass is 19.4. The van der Waals surface area contributed by atoms with Crippen molar-refractivity contribution in [3.8, 4) is 0 Å². The van der Waals surface area contributed by atoms with Crippen LogP contribution in [0.15, 0.2) is 18.2 Å². The van der Waals surface area contributed by atoms with E-state index in [1.54, 1.807) is 13.0 Å². The summed E-state index contributed by atoms with van der Waals surface area (Å²) in [4.78, 5) is 0. The molecule has 0 bridgehead atoms. The molecule has 0 saturated heterocycles. The molecule has 1 rings (SSSR count). The van der Waals surface area contributed by atoms with E-state index in [0.29, 0.717) is 12.0 Å². The monoisotopic (exact) mass is 245 g/mol. The van der Waals surface area contributed by atoms with Gasteiger partial charge in [0.2, 0.25) is 0 Å². The third-order valence-corrected chi connectivity index (χ3v) is 2.71. The fraction of sp³-hybridized carbons (Fsp3) is 0.538. The fourth-order valence-electron chi connectivity index (χ4n) is 1.61. The van der Waals surface area contributed by atoms with E-state index < -0.39 is 11.7 Å². The first-order chi connectivity index (χ1) is 7.59. The van der Waals surface area contributed by atoms with Crippen molar-refractivity contribution < 1.29 is 13.2 Å². The van der Waals surface area contributed by atoms with Gasteiger partial charge >= 0.3 is 6.18 Å². The first-order valence-corrected chi connectivity index (χ1v) is 5.55. The molecule has 4 heteroatoms. The van der Waals surface area contributed by atoms with E-state index in [-0.39, 0.29) is 5.54 Å². The van der Waals surface area contributed by atoms with E-state index in [1.807, 2.05) is 13.8 Å². The maximum absolute atomic E-state index is 12.5. The Bertz CT molecular complexity index is 389. The molecule has 0 aromatic heterocycles. The molecule has 0 radical (unpaired) electrons. The van der Waals surface area contributed by atoms with Crippen LogP contribution in [0.25, 0.3) is 0 Å². The average Bonchev–Trinajstić information content (AvgIpc) is 2.12. The van der Waals surface area contributed by atoms with Gasteiger partial charge in [0, 0.05) is 5.54 Å². The largest absolute Gasteiger partial charge is 0.416 e. The quantitative estimate of drug-likeness (QED) is 0.863. The van der Waals surface area contributed by atoms with Gasteiger partial charge in [0.1, 0.15) is 0 Å². The van der Waals surface area contributed by atoms with E-state index in [4.69, 9.17) is 5.73 Å². The van der Waals surface area contributed by atoms with Crippen LogP contribution < -0.4 is 5.73 Å². The number of hydrogen-bond acceptors (Lipinski definition) is 1. The van der Waals surface area contributed by atoms with Crippen molar-refractivity contribution in [2.24, 2.45) is 5.73 Å². The van der Waals surface area contributed by atoms with Gasteiger partial charge in [0.25, 0.3) is 0 Å². The summed E-state index contributed by atoms with van der Waals surface area (Å²) in [6, 6.07) is 3.87. The van der Waals surface area contributed by atoms with Crippen LogP contribution in [0.3, 0.4) is 0 Å². The summed E-state index contributed by atoms with van der Waals surface area (Å²) in [6.07, 6.45) is -2.82. The first-order valence-electron chi connectivity index (χ1n) is 5.55. The molecule has 1 aromatic rings. The van der Waals surface area contributed by atoms with Crippen molar-refractivity contribution in [1.82, 2.24) is 0 Å². The number of aryl methyl sites for hydroxylation is 2. The number of benzene rings is 1. The molecule has 0 amide bonds. The Labute approximate surface area is 99.8 Å². The number of nitrogens with two attached hydrogens (primary N) is 1. The van der Waals surface area contributed by atoms with Crippen molar-refractivity contribution in [2.75, 3.05) is 0 Å². The molecular weight excluding hydrogens is 227 g/mol. The van der Waals surface area contributed by atoms with Crippen molar-refractivity contribution in [2.45, 2.75) is 45.3 Å². The van der Waals surface area contributed by atoms with E-state index in [1.165, 1.54) is 6.07 Å². The molecule has 0 aliphatic carbocycles. The molecule has 17 heavy (non-hydrogen) atoms. The SMILES string of the molecule is Cc1cc(C(F)(F)F)ccc1CCC(C)(C)N. The summed E-state index contributed by atoms with van der Waals surface area (Å²) in [6.45, 7) is 5.52. The lowest BCUT2D eigenvalue weighted by molar-refractivity contribution is -0.137. The molecule has 0 atom stereocenters. The van der Waals surface area contributed by atoms with E-state index in [9.17, 15) is 13.2 Å². The molecule has 0 aliphatic rings. The maximum Gasteiger partial charge on any atom is 0.416 e. The van der Waals surface area contributed by atoms with Crippen LogP contribution in [0.2, 0.25) is 0 Å². The minimum absolute atomic E-state index is 0.296. The summed E-state index contributed by atoms with van der Waals surface area (Å²) in [5.74, 6) is 0. The molecule has 0 saturated carbocycles. The van der Waals surface area contributed by atoms with Gasteiger partial charge in [0.05, 0.1) is 5.56 Å². The van der Waals surface area contributed by atoms with Crippen molar-refractivity contribution in [3.05, 3.63) is 34.9 Å². The molecule has 0 aliphatic heterocycles. The molecule has 0 unspecified atom stereocenters. The fourth-order valence-corrected chi connectivity index (χ4v) is 1.61. The van der Waals surface area contributed by atoms with Gasteiger partial charge in [-0.3, -0.25) is 0 Å². The second-order valence-corrected chi connectivity index (χ2v) is 5.13. The second kappa shape index (κ2) is 4.69. The molecule has 0 spiro atoms. The smallest absolute Gasteiger partial charge is 0.326 e. The van der Waals surface area contributed by atoms with Crippen molar-refractivity contribution >= 4 is 0 Å². The highest BCUT2D eigenvalue weighted by Crippen LogP contribution is 2.30. The lowest BCUT2D eigenvalue weighted by atomic mass is 9.93. The van der Waals surface area contributed by atoms with Crippen LogP contribution in [-0.2, 0) is 12.6 Å². The Balaban J connectivity index is 2.84. The average molecular weight is 245 g/mol. The molecule has 0 fully saturated rings.